The highest BCUT2D eigenvalue weighted by Gasteiger charge is 2.11. The molecule has 0 aliphatic carbocycles. The average molecular weight is 191 g/mol. The van der Waals surface area contributed by atoms with Gasteiger partial charge < -0.3 is 5.32 Å². The molecule has 1 aromatic rings. The van der Waals surface area contributed by atoms with E-state index in [4.69, 9.17) is 0 Å². The molecule has 0 atom stereocenters. The number of hydrogen-bond donors (Lipinski definition) is 1. The highest BCUT2D eigenvalue weighted by Crippen LogP contribution is 2.19. The molecule has 0 aromatic heterocycles. The van der Waals surface area contributed by atoms with Crippen molar-refractivity contribution in [2.75, 3.05) is 13.6 Å². The van der Waals surface area contributed by atoms with Gasteiger partial charge in [0.1, 0.15) is 0 Å². The Morgan fingerprint density at radius 3 is 2.57 bits per heavy atom. The van der Waals surface area contributed by atoms with E-state index in [1.807, 2.05) is 24.3 Å². The zero-order chi connectivity index (χ0) is 10.6. The Kier molecular flexibility index (Phi) is 3.84. The molecule has 0 saturated heterocycles. The second-order valence-electron chi connectivity index (χ2n) is 3.70. The molecular weight excluding hydrogens is 174 g/mol. The van der Waals surface area contributed by atoms with Crippen LogP contribution in [0.1, 0.15) is 35.7 Å². The van der Waals surface area contributed by atoms with Crippen molar-refractivity contribution in [1.29, 1.82) is 0 Å². The van der Waals surface area contributed by atoms with Gasteiger partial charge in [0.2, 0.25) is 0 Å². The Balaban J connectivity index is 3.00. The fourth-order valence-corrected chi connectivity index (χ4v) is 1.51. The molecule has 14 heavy (non-hydrogen) atoms. The van der Waals surface area contributed by atoms with Crippen LogP contribution in [0.15, 0.2) is 24.3 Å². The van der Waals surface area contributed by atoms with Gasteiger partial charge in [-0.15, -0.1) is 0 Å². The maximum absolute atomic E-state index is 11.7. The smallest absolute Gasteiger partial charge is 0.176 e. The SMILES string of the molecule is CNCC(=O)c1ccccc1C(C)C. The fourth-order valence-electron chi connectivity index (χ4n) is 1.51. The second kappa shape index (κ2) is 4.91. The first kappa shape index (κ1) is 10.9. The summed E-state index contributed by atoms with van der Waals surface area (Å²) in [5.41, 5.74) is 1.98. The van der Waals surface area contributed by atoms with Crippen molar-refractivity contribution in [2.45, 2.75) is 19.8 Å². The van der Waals surface area contributed by atoms with Crippen LogP contribution in [-0.4, -0.2) is 19.4 Å². The summed E-state index contributed by atoms with van der Waals surface area (Å²) in [5.74, 6) is 0.559. The monoisotopic (exact) mass is 191 g/mol. The molecule has 0 aliphatic heterocycles. The minimum Gasteiger partial charge on any atom is -0.313 e. The maximum atomic E-state index is 11.7. The minimum atomic E-state index is 0.164. The highest BCUT2D eigenvalue weighted by molar-refractivity contribution is 5.99. The van der Waals surface area contributed by atoms with Crippen molar-refractivity contribution in [3.05, 3.63) is 35.4 Å². The van der Waals surface area contributed by atoms with Crippen molar-refractivity contribution in [3.63, 3.8) is 0 Å². The number of nitrogens with one attached hydrogen (secondary N) is 1. The number of benzene rings is 1. The summed E-state index contributed by atoms with van der Waals surface area (Å²) in [7, 11) is 1.79. The standard InChI is InChI=1S/C12H17NO/c1-9(2)10-6-4-5-7-11(10)12(14)8-13-3/h4-7,9,13H,8H2,1-3H3. The lowest BCUT2D eigenvalue weighted by Crippen LogP contribution is -2.20. The fraction of sp³-hybridized carbons (Fsp3) is 0.417. The van der Waals surface area contributed by atoms with Crippen LogP contribution < -0.4 is 5.32 Å². The number of Topliss-reactive ketones (excluding diaryl/α,β-unsaturated/α-hetero) is 1. The highest BCUT2D eigenvalue weighted by atomic mass is 16.1. The number of rotatable bonds is 4. The van der Waals surface area contributed by atoms with Gasteiger partial charge in [-0.1, -0.05) is 38.1 Å². The quantitative estimate of drug-likeness (QED) is 0.739. The molecule has 1 rings (SSSR count). The zero-order valence-corrected chi connectivity index (χ0v) is 9.00. The average Bonchev–Trinajstić information content (AvgIpc) is 2.18. The molecule has 0 unspecified atom stereocenters. The number of carbonyl (C=O) groups excluding carboxylic acids is 1. The van der Waals surface area contributed by atoms with Crippen LogP contribution in [0.25, 0.3) is 0 Å². The van der Waals surface area contributed by atoms with Gasteiger partial charge in [-0.25, -0.2) is 0 Å². The molecule has 76 valence electrons. The summed E-state index contributed by atoms with van der Waals surface area (Å²) in [6.07, 6.45) is 0. The second-order valence-corrected chi connectivity index (χ2v) is 3.70. The number of likely N-dealkylation sites (N-methyl/N-ethyl adjacent to an activating group) is 1. The van der Waals surface area contributed by atoms with Crippen molar-refractivity contribution in [1.82, 2.24) is 5.32 Å². The van der Waals surface area contributed by atoms with Crippen molar-refractivity contribution < 1.29 is 4.79 Å². The zero-order valence-electron chi connectivity index (χ0n) is 9.00. The molecule has 1 aromatic carbocycles. The summed E-state index contributed by atoms with van der Waals surface area (Å²) in [4.78, 5) is 11.7. The molecule has 0 radical (unpaired) electrons. The van der Waals surface area contributed by atoms with Gasteiger partial charge >= 0.3 is 0 Å². The van der Waals surface area contributed by atoms with Crippen molar-refractivity contribution in [2.24, 2.45) is 0 Å². The molecule has 0 spiro atoms. The minimum absolute atomic E-state index is 0.164. The normalized spacial score (nSPS) is 10.6. The number of ketones is 1. The Morgan fingerprint density at radius 1 is 1.36 bits per heavy atom. The largest absolute Gasteiger partial charge is 0.313 e. The third-order valence-electron chi connectivity index (χ3n) is 2.22. The first-order valence-electron chi connectivity index (χ1n) is 4.93. The third-order valence-corrected chi connectivity index (χ3v) is 2.22. The Labute approximate surface area is 85.3 Å². The van der Waals surface area contributed by atoms with Gasteiger partial charge in [0.25, 0.3) is 0 Å². The molecule has 0 aliphatic rings. The lowest BCUT2D eigenvalue weighted by atomic mass is 9.95. The Morgan fingerprint density at radius 2 is 2.00 bits per heavy atom. The van der Waals surface area contributed by atoms with Crippen LogP contribution in [0.3, 0.4) is 0 Å². The van der Waals surface area contributed by atoms with Gasteiger partial charge in [-0.2, -0.15) is 0 Å². The van der Waals surface area contributed by atoms with Crippen LogP contribution in [0.4, 0.5) is 0 Å². The number of hydrogen-bond acceptors (Lipinski definition) is 2. The van der Waals surface area contributed by atoms with Gasteiger partial charge in [0.15, 0.2) is 5.78 Å². The summed E-state index contributed by atoms with van der Waals surface area (Å²) >= 11 is 0. The molecule has 0 bridgehead atoms. The molecule has 0 saturated carbocycles. The molecule has 0 amide bonds. The Hall–Kier alpha value is -1.15. The summed E-state index contributed by atoms with van der Waals surface area (Å²) in [5, 5.41) is 2.88. The summed E-state index contributed by atoms with van der Waals surface area (Å²) in [6, 6.07) is 7.81. The van der Waals surface area contributed by atoms with E-state index in [2.05, 4.69) is 19.2 Å². The van der Waals surface area contributed by atoms with Crippen LogP contribution in [0.5, 0.6) is 0 Å². The van der Waals surface area contributed by atoms with E-state index in [1.165, 1.54) is 0 Å². The first-order valence-corrected chi connectivity index (χ1v) is 4.93. The van der Waals surface area contributed by atoms with E-state index in [0.717, 1.165) is 11.1 Å². The van der Waals surface area contributed by atoms with E-state index in [9.17, 15) is 4.79 Å². The molecular formula is C12H17NO. The van der Waals surface area contributed by atoms with Crippen LogP contribution in [0.2, 0.25) is 0 Å². The lowest BCUT2D eigenvalue weighted by molar-refractivity contribution is 0.0992. The number of carbonyl (C=O) groups is 1. The predicted molar refractivity (Wildman–Crippen MR) is 58.8 cm³/mol. The first-order chi connectivity index (χ1) is 6.66. The summed E-state index contributed by atoms with van der Waals surface area (Å²) in [6.45, 7) is 4.61. The predicted octanol–water partition coefficient (Wildman–Crippen LogP) is 2.21. The van der Waals surface area contributed by atoms with E-state index in [0.29, 0.717) is 12.5 Å². The summed E-state index contributed by atoms with van der Waals surface area (Å²) < 4.78 is 0. The molecule has 2 heteroatoms. The van der Waals surface area contributed by atoms with E-state index >= 15 is 0 Å². The molecule has 2 nitrogen and oxygen atoms in total. The molecule has 1 N–H and O–H groups in total. The van der Waals surface area contributed by atoms with Gasteiger partial charge in [-0.3, -0.25) is 4.79 Å². The Bertz CT molecular complexity index is 318. The van der Waals surface area contributed by atoms with Gasteiger partial charge in [0.05, 0.1) is 6.54 Å². The van der Waals surface area contributed by atoms with E-state index < -0.39 is 0 Å². The lowest BCUT2D eigenvalue weighted by Gasteiger charge is -2.11. The van der Waals surface area contributed by atoms with Gasteiger partial charge in [0, 0.05) is 5.56 Å². The van der Waals surface area contributed by atoms with Crippen LogP contribution in [0, 0.1) is 0 Å². The van der Waals surface area contributed by atoms with Crippen molar-refractivity contribution >= 4 is 5.78 Å². The van der Waals surface area contributed by atoms with E-state index in [-0.39, 0.29) is 5.78 Å². The third kappa shape index (κ3) is 2.42. The van der Waals surface area contributed by atoms with Gasteiger partial charge in [-0.05, 0) is 18.5 Å². The molecule has 0 heterocycles. The van der Waals surface area contributed by atoms with Crippen molar-refractivity contribution in [3.8, 4) is 0 Å². The van der Waals surface area contributed by atoms with Crippen LogP contribution in [-0.2, 0) is 0 Å². The maximum Gasteiger partial charge on any atom is 0.176 e. The van der Waals surface area contributed by atoms with E-state index in [1.54, 1.807) is 7.05 Å². The van der Waals surface area contributed by atoms with Crippen LogP contribution >= 0.6 is 0 Å². The molecule has 0 fully saturated rings. The topological polar surface area (TPSA) is 29.1 Å².